The number of carbonyl (C=O) groups excluding carboxylic acids is 1. The Labute approximate surface area is 74.1 Å². The highest BCUT2D eigenvalue weighted by Gasteiger charge is 2.25. The monoisotopic (exact) mass is 170 g/mol. The molecule has 0 radical (unpaired) electrons. The SMILES string of the molecule is CC1CCNC(C(=O)N(C)C)C1. The lowest BCUT2D eigenvalue weighted by atomic mass is 9.94. The van der Waals surface area contributed by atoms with Crippen molar-refractivity contribution in [3.63, 3.8) is 0 Å². The first kappa shape index (κ1) is 9.52. The zero-order chi connectivity index (χ0) is 9.14. The minimum atomic E-state index is 0.0590. The topological polar surface area (TPSA) is 32.3 Å². The maximum Gasteiger partial charge on any atom is 0.239 e. The number of hydrogen-bond donors (Lipinski definition) is 1. The number of piperidine rings is 1. The average molecular weight is 170 g/mol. The van der Waals surface area contributed by atoms with E-state index >= 15 is 0 Å². The van der Waals surface area contributed by atoms with Gasteiger partial charge >= 0.3 is 0 Å². The minimum Gasteiger partial charge on any atom is -0.347 e. The first-order valence-electron chi connectivity index (χ1n) is 4.56. The number of rotatable bonds is 1. The van der Waals surface area contributed by atoms with Gasteiger partial charge in [0.15, 0.2) is 0 Å². The summed E-state index contributed by atoms with van der Waals surface area (Å²) in [6.45, 7) is 3.18. The maximum absolute atomic E-state index is 11.5. The van der Waals surface area contributed by atoms with E-state index in [9.17, 15) is 4.79 Å². The van der Waals surface area contributed by atoms with Crippen LogP contribution in [-0.2, 0) is 4.79 Å². The molecule has 1 rings (SSSR count). The molecule has 3 heteroatoms. The van der Waals surface area contributed by atoms with Crippen LogP contribution in [0.3, 0.4) is 0 Å². The largest absolute Gasteiger partial charge is 0.347 e. The normalized spacial score (nSPS) is 29.9. The van der Waals surface area contributed by atoms with Crippen LogP contribution in [0.4, 0.5) is 0 Å². The van der Waals surface area contributed by atoms with E-state index in [1.165, 1.54) is 6.42 Å². The molecule has 1 N–H and O–H groups in total. The molecule has 1 saturated heterocycles. The molecule has 2 atom stereocenters. The molecule has 0 aliphatic carbocycles. The first-order chi connectivity index (χ1) is 5.61. The Kier molecular flexibility index (Phi) is 3.09. The number of carbonyl (C=O) groups is 1. The molecule has 2 unspecified atom stereocenters. The predicted octanol–water partition coefficient (Wildman–Crippen LogP) is 0.463. The van der Waals surface area contributed by atoms with E-state index in [1.807, 2.05) is 14.1 Å². The van der Waals surface area contributed by atoms with E-state index in [0.29, 0.717) is 5.92 Å². The van der Waals surface area contributed by atoms with Crippen LogP contribution in [0, 0.1) is 5.92 Å². The van der Waals surface area contributed by atoms with Gasteiger partial charge in [-0.05, 0) is 25.3 Å². The third-order valence-electron chi connectivity index (χ3n) is 2.40. The number of nitrogens with zero attached hydrogens (tertiary/aromatic N) is 1. The zero-order valence-electron chi connectivity index (χ0n) is 8.13. The van der Waals surface area contributed by atoms with Gasteiger partial charge in [0.05, 0.1) is 6.04 Å². The molecule has 0 aromatic rings. The van der Waals surface area contributed by atoms with Crippen LogP contribution in [0.15, 0.2) is 0 Å². The van der Waals surface area contributed by atoms with Crippen LogP contribution >= 0.6 is 0 Å². The van der Waals surface area contributed by atoms with Crippen LogP contribution in [0.5, 0.6) is 0 Å². The fourth-order valence-electron chi connectivity index (χ4n) is 1.61. The summed E-state index contributed by atoms with van der Waals surface area (Å²) in [5.41, 5.74) is 0. The lowest BCUT2D eigenvalue weighted by Crippen LogP contribution is -2.47. The second kappa shape index (κ2) is 3.90. The maximum atomic E-state index is 11.5. The molecule has 0 aromatic carbocycles. The van der Waals surface area contributed by atoms with Crippen LogP contribution in [0.1, 0.15) is 19.8 Å². The molecule has 0 bridgehead atoms. The quantitative estimate of drug-likeness (QED) is 0.620. The molecule has 1 amide bonds. The number of amides is 1. The summed E-state index contributed by atoms with van der Waals surface area (Å²) in [5, 5.41) is 3.24. The molecule has 1 fully saturated rings. The fourth-order valence-corrected chi connectivity index (χ4v) is 1.61. The van der Waals surface area contributed by atoms with E-state index in [2.05, 4.69) is 12.2 Å². The van der Waals surface area contributed by atoms with Crippen molar-refractivity contribution in [1.29, 1.82) is 0 Å². The van der Waals surface area contributed by atoms with Crippen molar-refractivity contribution in [3.8, 4) is 0 Å². The third-order valence-corrected chi connectivity index (χ3v) is 2.40. The number of likely N-dealkylation sites (N-methyl/N-ethyl adjacent to an activating group) is 1. The highest BCUT2D eigenvalue weighted by atomic mass is 16.2. The fraction of sp³-hybridized carbons (Fsp3) is 0.889. The van der Waals surface area contributed by atoms with Crippen molar-refractivity contribution in [2.75, 3.05) is 20.6 Å². The van der Waals surface area contributed by atoms with E-state index in [0.717, 1.165) is 13.0 Å². The molecule has 1 aliphatic heterocycles. The second-order valence-corrected chi connectivity index (χ2v) is 3.87. The Bertz CT molecular complexity index is 168. The van der Waals surface area contributed by atoms with E-state index in [-0.39, 0.29) is 11.9 Å². The van der Waals surface area contributed by atoms with Gasteiger partial charge in [-0.2, -0.15) is 0 Å². The molecule has 12 heavy (non-hydrogen) atoms. The van der Waals surface area contributed by atoms with E-state index in [1.54, 1.807) is 4.90 Å². The molecular weight excluding hydrogens is 152 g/mol. The molecule has 0 saturated carbocycles. The summed E-state index contributed by atoms with van der Waals surface area (Å²) in [6, 6.07) is 0.0590. The van der Waals surface area contributed by atoms with Crippen molar-refractivity contribution >= 4 is 5.91 Å². The smallest absolute Gasteiger partial charge is 0.239 e. The molecule has 1 heterocycles. The van der Waals surface area contributed by atoms with Crippen molar-refractivity contribution in [2.24, 2.45) is 5.92 Å². The summed E-state index contributed by atoms with van der Waals surface area (Å²) in [5.74, 6) is 0.890. The van der Waals surface area contributed by atoms with Crippen LogP contribution in [0.25, 0.3) is 0 Å². The Morgan fingerprint density at radius 3 is 2.67 bits per heavy atom. The van der Waals surface area contributed by atoms with Crippen molar-refractivity contribution < 1.29 is 4.79 Å². The molecule has 70 valence electrons. The van der Waals surface area contributed by atoms with Crippen molar-refractivity contribution in [2.45, 2.75) is 25.8 Å². The van der Waals surface area contributed by atoms with Gasteiger partial charge in [0.1, 0.15) is 0 Å². The minimum absolute atomic E-state index is 0.0590. The van der Waals surface area contributed by atoms with Crippen molar-refractivity contribution in [3.05, 3.63) is 0 Å². The molecular formula is C9H18N2O. The van der Waals surface area contributed by atoms with Crippen molar-refractivity contribution in [1.82, 2.24) is 10.2 Å². The van der Waals surface area contributed by atoms with Crippen LogP contribution < -0.4 is 5.32 Å². The average Bonchev–Trinajstić information content (AvgIpc) is 2.03. The van der Waals surface area contributed by atoms with E-state index < -0.39 is 0 Å². The molecule has 3 nitrogen and oxygen atoms in total. The van der Waals surface area contributed by atoms with Gasteiger partial charge in [-0.25, -0.2) is 0 Å². The summed E-state index contributed by atoms with van der Waals surface area (Å²) in [6.07, 6.45) is 2.17. The van der Waals surface area contributed by atoms with Gasteiger partial charge in [-0.3, -0.25) is 4.79 Å². The number of nitrogens with one attached hydrogen (secondary N) is 1. The molecule has 1 aliphatic rings. The van der Waals surface area contributed by atoms with Crippen LogP contribution in [-0.4, -0.2) is 37.5 Å². The highest BCUT2D eigenvalue weighted by molar-refractivity contribution is 5.81. The van der Waals surface area contributed by atoms with E-state index in [4.69, 9.17) is 0 Å². The second-order valence-electron chi connectivity index (χ2n) is 3.87. The number of hydrogen-bond acceptors (Lipinski definition) is 2. The Balaban J connectivity index is 2.46. The summed E-state index contributed by atoms with van der Waals surface area (Å²) in [4.78, 5) is 13.2. The van der Waals surface area contributed by atoms with Gasteiger partial charge < -0.3 is 10.2 Å². The van der Waals surface area contributed by atoms with Gasteiger partial charge in [0, 0.05) is 14.1 Å². The Morgan fingerprint density at radius 1 is 1.50 bits per heavy atom. The predicted molar refractivity (Wildman–Crippen MR) is 48.9 cm³/mol. The first-order valence-corrected chi connectivity index (χ1v) is 4.56. The Morgan fingerprint density at radius 2 is 2.17 bits per heavy atom. The standard InChI is InChI=1S/C9H18N2O/c1-7-4-5-10-8(6-7)9(12)11(2)3/h7-8,10H,4-6H2,1-3H3. The van der Waals surface area contributed by atoms with Gasteiger partial charge in [-0.15, -0.1) is 0 Å². The molecule has 0 aromatic heterocycles. The van der Waals surface area contributed by atoms with Gasteiger partial charge in [0.25, 0.3) is 0 Å². The summed E-state index contributed by atoms with van der Waals surface area (Å²) in [7, 11) is 3.62. The third kappa shape index (κ3) is 2.21. The Hall–Kier alpha value is -0.570. The summed E-state index contributed by atoms with van der Waals surface area (Å²) < 4.78 is 0. The highest BCUT2D eigenvalue weighted by Crippen LogP contribution is 2.15. The van der Waals surface area contributed by atoms with Crippen LogP contribution in [0.2, 0.25) is 0 Å². The lowest BCUT2D eigenvalue weighted by Gasteiger charge is -2.29. The zero-order valence-corrected chi connectivity index (χ0v) is 8.13. The molecule has 0 spiro atoms. The van der Waals surface area contributed by atoms with Gasteiger partial charge in [-0.1, -0.05) is 6.92 Å². The van der Waals surface area contributed by atoms with Gasteiger partial charge in [0.2, 0.25) is 5.91 Å². The summed E-state index contributed by atoms with van der Waals surface area (Å²) >= 11 is 0. The lowest BCUT2D eigenvalue weighted by molar-refractivity contribution is -0.131.